The molecule has 0 aliphatic carbocycles. The van der Waals surface area contributed by atoms with Crippen molar-refractivity contribution in [3.63, 3.8) is 0 Å². The number of thiophene rings is 1. The molecule has 0 radical (unpaired) electrons. The second-order valence-corrected chi connectivity index (χ2v) is 5.29. The average Bonchev–Trinajstić information content (AvgIpc) is 3.10. The Morgan fingerprint density at radius 2 is 2.00 bits per heavy atom. The van der Waals surface area contributed by atoms with Gasteiger partial charge in [0.05, 0.1) is 0 Å². The van der Waals surface area contributed by atoms with E-state index < -0.39 is 0 Å². The van der Waals surface area contributed by atoms with Crippen molar-refractivity contribution >= 4 is 11.3 Å². The van der Waals surface area contributed by atoms with E-state index in [2.05, 4.69) is 10.1 Å². The van der Waals surface area contributed by atoms with Crippen LogP contribution in [-0.4, -0.2) is 10.1 Å². The maximum absolute atomic E-state index is 6.09. The van der Waals surface area contributed by atoms with E-state index in [4.69, 9.17) is 10.3 Å². The second kappa shape index (κ2) is 4.95. The molecule has 0 aliphatic rings. The van der Waals surface area contributed by atoms with Gasteiger partial charge in [0.25, 0.3) is 0 Å². The molecule has 0 fully saturated rings. The van der Waals surface area contributed by atoms with Crippen molar-refractivity contribution in [2.75, 3.05) is 0 Å². The Labute approximate surface area is 114 Å². The normalized spacial score (nSPS) is 12.5. The van der Waals surface area contributed by atoms with Crippen molar-refractivity contribution in [2.45, 2.75) is 13.0 Å². The average molecular weight is 271 g/mol. The molecule has 19 heavy (non-hydrogen) atoms. The summed E-state index contributed by atoms with van der Waals surface area (Å²) < 4.78 is 5.26. The van der Waals surface area contributed by atoms with Crippen molar-refractivity contribution in [1.82, 2.24) is 10.1 Å². The van der Waals surface area contributed by atoms with Crippen molar-refractivity contribution in [1.29, 1.82) is 0 Å². The zero-order chi connectivity index (χ0) is 13.2. The first kappa shape index (κ1) is 12.1. The second-order valence-electron chi connectivity index (χ2n) is 4.32. The van der Waals surface area contributed by atoms with Gasteiger partial charge in [-0.05, 0) is 18.4 Å². The fourth-order valence-electron chi connectivity index (χ4n) is 1.77. The van der Waals surface area contributed by atoms with Crippen LogP contribution in [0.5, 0.6) is 0 Å². The molecule has 0 spiro atoms. The molecule has 96 valence electrons. The summed E-state index contributed by atoms with van der Waals surface area (Å²) in [6.07, 6.45) is 0. The van der Waals surface area contributed by atoms with Crippen LogP contribution >= 0.6 is 11.3 Å². The molecule has 4 nitrogen and oxygen atoms in total. The number of hydrogen-bond acceptors (Lipinski definition) is 5. The predicted octanol–water partition coefficient (Wildman–Crippen LogP) is 3.15. The number of benzene rings is 1. The van der Waals surface area contributed by atoms with Crippen molar-refractivity contribution < 1.29 is 4.52 Å². The lowest BCUT2D eigenvalue weighted by atomic mass is 10.1. The first-order valence-electron chi connectivity index (χ1n) is 5.93. The van der Waals surface area contributed by atoms with Crippen LogP contribution in [0, 0.1) is 6.92 Å². The summed E-state index contributed by atoms with van der Waals surface area (Å²) in [5.41, 5.74) is 8.22. The molecule has 2 aromatic heterocycles. The lowest BCUT2D eigenvalue weighted by molar-refractivity contribution is 0.368. The number of aryl methyl sites for hydroxylation is 1. The van der Waals surface area contributed by atoms with Crippen molar-refractivity contribution in [3.8, 4) is 11.4 Å². The van der Waals surface area contributed by atoms with Gasteiger partial charge >= 0.3 is 0 Å². The minimum atomic E-state index is -0.355. The summed E-state index contributed by atoms with van der Waals surface area (Å²) >= 11 is 1.58. The Balaban J connectivity index is 1.89. The van der Waals surface area contributed by atoms with E-state index in [0.717, 1.165) is 10.4 Å². The van der Waals surface area contributed by atoms with Gasteiger partial charge in [0, 0.05) is 10.4 Å². The van der Waals surface area contributed by atoms with Crippen molar-refractivity contribution in [3.05, 3.63) is 58.1 Å². The Kier molecular flexibility index (Phi) is 3.15. The Hall–Kier alpha value is -1.98. The third-order valence-electron chi connectivity index (χ3n) is 2.87. The molecule has 1 aromatic carbocycles. The first-order valence-corrected chi connectivity index (χ1v) is 6.81. The van der Waals surface area contributed by atoms with Crippen LogP contribution in [0.25, 0.3) is 11.4 Å². The van der Waals surface area contributed by atoms with Crippen LogP contribution in [0.15, 0.2) is 46.3 Å². The van der Waals surface area contributed by atoms with Gasteiger partial charge in [0.15, 0.2) is 0 Å². The molecule has 2 N–H and O–H groups in total. The van der Waals surface area contributed by atoms with Gasteiger partial charge in [-0.1, -0.05) is 41.1 Å². The highest BCUT2D eigenvalue weighted by atomic mass is 32.1. The van der Waals surface area contributed by atoms with E-state index in [0.29, 0.717) is 11.7 Å². The van der Waals surface area contributed by atoms with Gasteiger partial charge in [0.2, 0.25) is 11.7 Å². The zero-order valence-corrected chi connectivity index (χ0v) is 11.2. The highest BCUT2D eigenvalue weighted by Gasteiger charge is 2.18. The Morgan fingerprint density at radius 1 is 1.21 bits per heavy atom. The molecule has 5 heteroatoms. The standard InChI is InChI=1S/C14H13N3OS/c1-9-4-6-10(7-5-9)13-16-14(18-17-13)12(15)11-3-2-8-19-11/h2-8,12H,15H2,1H3. The van der Waals surface area contributed by atoms with E-state index in [9.17, 15) is 0 Å². The summed E-state index contributed by atoms with van der Waals surface area (Å²) in [5.74, 6) is 1.01. The third kappa shape index (κ3) is 2.43. The molecular formula is C14H13N3OS. The van der Waals surface area contributed by atoms with Crippen LogP contribution in [-0.2, 0) is 0 Å². The summed E-state index contributed by atoms with van der Waals surface area (Å²) in [4.78, 5) is 5.38. The molecule has 1 atom stereocenters. The molecule has 3 rings (SSSR count). The highest BCUT2D eigenvalue weighted by molar-refractivity contribution is 7.10. The smallest absolute Gasteiger partial charge is 0.249 e. The molecule has 0 bridgehead atoms. The molecule has 2 heterocycles. The lowest BCUT2D eigenvalue weighted by Crippen LogP contribution is -2.10. The van der Waals surface area contributed by atoms with Crippen LogP contribution in [0.2, 0.25) is 0 Å². The largest absolute Gasteiger partial charge is 0.337 e. The van der Waals surface area contributed by atoms with Gasteiger partial charge < -0.3 is 10.3 Å². The molecule has 0 aliphatic heterocycles. The van der Waals surface area contributed by atoms with Crippen molar-refractivity contribution in [2.24, 2.45) is 5.73 Å². The Bertz CT molecular complexity index is 658. The first-order chi connectivity index (χ1) is 9.24. The van der Waals surface area contributed by atoms with Gasteiger partial charge in [-0.15, -0.1) is 11.3 Å². The number of rotatable bonds is 3. The zero-order valence-electron chi connectivity index (χ0n) is 10.4. The molecular weight excluding hydrogens is 258 g/mol. The number of nitrogens with two attached hydrogens (primary N) is 1. The van der Waals surface area contributed by atoms with Gasteiger partial charge in [0.1, 0.15) is 6.04 Å². The van der Waals surface area contributed by atoms with Gasteiger partial charge in [-0.25, -0.2) is 0 Å². The highest BCUT2D eigenvalue weighted by Crippen LogP contribution is 2.24. The van der Waals surface area contributed by atoms with Crippen LogP contribution < -0.4 is 5.73 Å². The van der Waals surface area contributed by atoms with E-state index in [1.807, 2.05) is 48.7 Å². The molecule has 1 unspecified atom stereocenters. The minimum absolute atomic E-state index is 0.355. The topological polar surface area (TPSA) is 64.9 Å². The van der Waals surface area contributed by atoms with Crippen LogP contribution in [0.4, 0.5) is 0 Å². The summed E-state index contributed by atoms with van der Waals surface area (Å²) in [5, 5.41) is 5.96. The minimum Gasteiger partial charge on any atom is -0.337 e. The Morgan fingerprint density at radius 3 is 2.68 bits per heavy atom. The van der Waals surface area contributed by atoms with Crippen LogP contribution in [0.3, 0.4) is 0 Å². The molecule has 3 aromatic rings. The number of hydrogen-bond donors (Lipinski definition) is 1. The predicted molar refractivity (Wildman–Crippen MR) is 74.8 cm³/mol. The number of aromatic nitrogens is 2. The molecule has 0 amide bonds. The summed E-state index contributed by atoms with van der Waals surface area (Å²) in [7, 11) is 0. The van der Waals surface area contributed by atoms with Crippen LogP contribution in [0.1, 0.15) is 22.4 Å². The lowest BCUT2D eigenvalue weighted by Gasteiger charge is -2.01. The van der Waals surface area contributed by atoms with E-state index in [1.54, 1.807) is 11.3 Å². The molecule has 0 saturated heterocycles. The fourth-order valence-corrected chi connectivity index (χ4v) is 2.49. The quantitative estimate of drug-likeness (QED) is 0.794. The maximum atomic E-state index is 6.09. The van der Waals surface area contributed by atoms with E-state index in [1.165, 1.54) is 5.56 Å². The van der Waals surface area contributed by atoms with Gasteiger partial charge in [-0.3, -0.25) is 0 Å². The SMILES string of the molecule is Cc1ccc(-c2noc(C(N)c3cccs3)n2)cc1. The van der Waals surface area contributed by atoms with E-state index in [-0.39, 0.29) is 6.04 Å². The summed E-state index contributed by atoms with van der Waals surface area (Å²) in [6, 6.07) is 11.5. The van der Waals surface area contributed by atoms with E-state index >= 15 is 0 Å². The van der Waals surface area contributed by atoms with Gasteiger partial charge in [-0.2, -0.15) is 4.98 Å². The fraction of sp³-hybridized carbons (Fsp3) is 0.143. The molecule has 0 saturated carbocycles. The monoisotopic (exact) mass is 271 g/mol. The maximum Gasteiger partial charge on any atom is 0.249 e. The summed E-state index contributed by atoms with van der Waals surface area (Å²) in [6.45, 7) is 2.04. The third-order valence-corrected chi connectivity index (χ3v) is 3.82. The number of nitrogens with zero attached hydrogens (tertiary/aromatic N) is 2.